The predicted molar refractivity (Wildman–Crippen MR) is 102 cm³/mol. The van der Waals surface area contributed by atoms with Crippen LogP contribution in [0, 0.1) is 0 Å². The van der Waals surface area contributed by atoms with Gasteiger partial charge in [-0.25, -0.2) is 4.68 Å². The van der Waals surface area contributed by atoms with Crippen LogP contribution in [-0.4, -0.2) is 33.5 Å². The van der Waals surface area contributed by atoms with Crippen LogP contribution in [0.25, 0.3) is 0 Å². The van der Waals surface area contributed by atoms with Gasteiger partial charge in [-0.1, -0.05) is 37.2 Å². The fourth-order valence-corrected chi connectivity index (χ4v) is 3.83. The van der Waals surface area contributed by atoms with E-state index in [1.807, 2.05) is 31.2 Å². The highest BCUT2D eigenvalue weighted by molar-refractivity contribution is 7.99. The minimum absolute atomic E-state index is 0.414. The van der Waals surface area contributed by atoms with Crippen molar-refractivity contribution in [2.45, 2.75) is 37.9 Å². The maximum atomic E-state index is 12.1. The number of aromatic nitrogens is 3. The second-order valence-electron chi connectivity index (χ2n) is 6.07. The number of amides is 1. The maximum Gasteiger partial charge on any atom is 0.248 e. The second kappa shape index (κ2) is 7.82. The smallest absolute Gasteiger partial charge is 0.248 e. The molecular formula is C18H23N5O2S. The molecule has 3 rings (SSSR count). The second-order valence-corrected chi connectivity index (χ2v) is 7.13. The summed E-state index contributed by atoms with van der Waals surface area (Å²) < 4.78 is 6.97. The van der Waals surface area contributed by atoms with E-state index in [4.69, 9.17) is 10.5 Å². The number of hydrogen-bond donors (Lipinski definition) is 2. The zero-order valence-electron chi connectivity index (χ0n) is 15.2. The molecule has 0 radical (unpaired) electrons. The number of fused-ring (bicyclic) bond motifs is 1. The van der Waals surface area contributed by atoms with E-state index in [2.05, 4.69) is 22.3 Å². The number of thioether (sulfide) groups is 1. The fourth-order valence-electron chi connectivity index (χ4n) is 2.91. The fraction of sp³-hybridized carbons (Fsp3) is 0.389. The molecule has 1 aromatic heterocycles. The van der Waals surface area contributed by atoms with Crippen LogP contribution in [-0.2, 0) is 4.79 Å². The van der Waals surface area contributed by atoms with E-state index in [9.17, 15) is 4.79 Å². The summed E-state index contributed by atoms with van der Waals surface area (Å²) in [5.41, 5.74) is 7.76. The summed E-state index contributed by atoms with van der Waals surface area (Å²) in [6.45, 7) is 3.98. The van der Waals surface area contributed by atoms with Gasteiger partial charge in [0.05, 0.1) is 12.7 Å². The van der Waals surface area contributed by atoms with Gasteiger partial charge in [0.15, 0.2) is 0 Å². The number of nitrogens with zero attached hydrogens (tertiary/aromatic N) is 3. The Morgan fingerprint density at radius 1 is 1.38 bits per heavy atom. The first-order valence-corrected chi connectivity index (χ1v) is 9.54. The van der Waals surface area contributed by atoms with Crippen LogP contribution in [0.1, 0.15) is 38.3 Å². The van der Waals surface area contributed by atoms with Gasteiger partial charge in [-0.2, -0.15) is 4.98 Å². The van der Waals surface area contributed by atoms with Crippen molar-refractivity contribution in [3.63, 3.8) is 0 Å². The summed E-state index contributed by atoms with van der Waals surface area (Å²) in [4.78, 5) is 16.7. The molecule has 1 unspecified atom stereocenters. The Morgan fingerprint density at radius 2 is 2.12 bits per heavy atom. The number of nitrogens with one attached hydrogen (secondary N) is 1. The van der Waals surface area contributed by atoms with Crippen LogP contribution in [0.4, 0.5) is 5.95 Å². The number of rotatable bonds is 7. The average Bonchev–Trinajstić information content (AvgIpc) is 3.02. The molecule has 1 aliphatic rings. The molecule has 0 aliphatic carbocycles. The highest BCUT2D eigenvalue weighted by atomic mass is 32.2. The van der Waals surface area contributed by atoms with Crippen LogP contribution in [0.15, 0.2) is 40.7 Å². The lowest BCUT2D eigenvalue weighted by atomic mass is 9.95. The first kappa shape index (κ1) is 18.3. The van der Waals surface area contributed by atoms with Crippen molar-refractivity contribution in [3.05, 3.63) is 41.1 Å². The van der Waals surface area contributed by atoms with Gasteiger partial charge in [-0.15, -0.1) is 5.10 Å². The molecule has 1 aliphatic heterocycles. The Morgan fingerprint density at radius 3 is 2.73 bits per heavy atom. The molecule has 138 valence electrons. The van der Waals surface area contributed by atoms with E-state index >= 15 is 0 Å². The van der Waals surface area contributed by atoms with E-state index < -0.39 is 11.9 Å². The highest BCUT2D eigenvalue weighted by Crippen LogP contribution is 2.36. The summed E-state index contributed by atoms with van der Waals surface area (Å²) >= 11 is 1.61. The van der Waals surface area contributed by atoms with E-state index in [0.717, 1.165) is 29.9 Å². The molecule has 1 atom stereocenters. The van der Waals surface area contributed by atoms with Gasteiger partial charge in [-0.3, -0.25) is 4.79 Å². The van der Waals surface area contributed by atoms with Crippen LogP contribution >= 0.6 is 11.8 Å². The minimum Gasteiger partial charge on any atom is -0.497 e. The third-order valence-electron chi connectivity index (χ3n) is 4.26. The standard InChI is InChI=1S/C18H23N5O2S/c1-4-5-10-26-18-21-17-20-11(2)14(16(19)24)15(23(17)22-18)12-6-8-13(25-3)9-7-12/h6-9,15H,4-5,10H2,1-3H3,(H2,19,24)(H,20,21,22). The van der Waals surface area contributed by atoms with Crippen LogP contribution in [0.5, 0.6) is 5.75 Å². The quantitative estimate of drug-likeness (QED) is 0.572. The number of ether oxygens (including phenoxy) is 1. The monoisotopic (exact) mass is 373 g/mol. The number of benzene rings is 1. The first-order valence-electron chi connectivity index (χ1n) is 8.56. The number of nitrogens with two attached hydrogens (primary N) is 1. The molecule has 8 heteroatoms. The van der Waals surface area contributed by atoms with Gasteiger partial charge in [0.2, 0.25) is 17.0 Å². The molecule has 26 heavy (non-hydrogen) atoms. The summed E-state index contributed by atoms with van der Waals surface area (Å²) in [6.07, 6.45) is 2.23. The van der Waals surface area contributed by atoms with Crippen LogP contribution in [0.2, 0.25) is 0 Å². The summed E-state index contributed by atoms with van der Waals surface area (Å²) in [7, 11) is 1.62. The summed E-state index contributed by atoms with van der Waals surface area (Å²) in [5.74, 6) is 1.85. The van der Waals surface area contributed by atoms with Crippen LogP contribution < -0.4 is 15.8 Å². The average molecular weight is 373 g/mol. The molecule has 0 spiro atoms. The van der Waals surface area contributed by atoms with Crippen molar-refractivity contribution in [1.82, 2.24) is 14.8 Å². The van der Waals surface area contributed by atoms with E-state index in [1.54, 1.807) is 23.6 Å². The zero-order valence-corrected chi connectivity index (χ0v) is 16.0. The van der Waals surface area contributed by atoms with E-state index in [0.29, 0.717) is 22.4 Å². The van der Waals surface area contributed by atoms with Crippen molar-refractivity contribution < 1.29 is 9.53 Å². The van der Waals surface area contributed by atoms with Crippen molar-refractivity contribution in [2.75, 3.05) is 18.2 Å². The molecule has 0 saturated carbocycles. The lowest BCUT2D eigenvalue weighted by Gasteiger charge is -2.27. The van der Waals surface area contributed by atoms with Crippen LogP contribution in [0.3, 0.4) is 0 Å². The molecule has 1 aromatic carbocycles. The van der Waals surface area contributed by atoms with E-state index in [-0.39, 0.29) is 0 Å². The third kappa shape index (κ3) is 3.55. The van der Waals surface area contributed by atoms with E-state index in [1.165, 1.54) is 0 Å². The third-order valence-corrected chi connectivity index (χ3v) is 5.18. The summed E-state index contributed by atoms with van der Waals surface area (Å²) in [6, 6.07) is 7.14. The van der Waals surface area contributed by atoms with Gasteiger partial charge in [-0.05, 0) is 31.0 Å². The van der Waals surface area contributed by atoms with Gasteiger partial charge in [0.1, 0.15) is 11.8 Å². The number of allylic oxidation sites excluding steroid dienone is 1. The van der Waals surface area contributed by atoms with Gasteiger partial charge in [0, 0.05) is 11.4 Å². The molecule has 7 nitrogen and oxygen atoms in total. The Bertz CT molecular complexity index is 829. The predicted octanol–water partition coefficient (Wildman–Crippen LogP) is 2.95. The van der Waals surface area contributed by atoms with Crippen molar-refractivity contribution in [1.29, 1.82) is 0 Å². The Balaban J connectivity index is 2.02. The largest absolute Gasteiger partial charge is 0.497 e. The molecule has 0 saturated heterocycles. The van der Waals surface area contributed by atoms with Crippen molar-refractivity contribution >= 4 is 23.6 Å². The van der Waals surface area contributed by atoms with Crippen molar-refractivity contribution in [2.24, 2.45) is 5.73 Å². The highest BCUT2D eigenvalue weighted by Gasteiger charge is 2.33. The van der Waals surface area contributed by atoms with Crippen molar-refractivity contribution in [3.8, 4) is 5.75 Å². The number of carbonyl (C=O) groups is 1. The summed E-state index contributed by atoms with van der Waals surface area (Å²) in [5, 5.41) is 8.47. The first-order chi connectivity index (χ1) is 12.5. The molecule has 2 heterocycles. The number of primary amides is 1. The molecule has 1 amide bonds. The molecule has 2 aromatic rings. The Kier molecular flexibility index (Phi) is 5.51. The van der Waals surface area contributed by atoms with Gasteiger partial charge < -0.3 is 15.8 Å². The lowest BCUT2D eigenvalue weighted by molar-refractivity contribution is -0.115. The Hall–Kier alpha value is -2.48. The maximum absolute atomic E-state index is 12.1. The number of anilines is 1. The van der Waals surface area contributed by atoms with Gasteiger partial charge in [0.25, 0.3) is 0 Å². The molecule has 0 bridgehead atoms. The number of carbonyl (C=O) groups excluding carboxylic acids is 1. The lowest BCUT2D eigenvalue weighted by Crippen LogP contribution is -2.31. The normalized spacial score (nSPS) is 16.2. The number of hydrogen-bond acceptors (Lipinski definition) is 6. The number of methoxy groups -OCH3 is 1. The molecular weight excluding hydrogens is 350 g/mol. The SMILES string of the molecule is CCCCSc1nc2n(n1)C(c1ccc(OC)cc1)C(C(N)=O)=C(C)N2. The zero-order chi connectivity index (χ0) is 18.7. The molecule has 0 fully saturated rings. The Labute approximate surface area is 157 Å². The topological polar surface area (TPSA) is 95.1 Å². The number of unbranched alkanes of at least 4 members (excludes halogenated alkanes) is 1. The molecule has 3 N–H and O–H groups in total. The minimum atomic E-state index is -0.475. The van der Waals surface area contributed by atoms with Gasteiger partial charge >= 0.3 is 0 Å².